The zero-order valence-electron chi connectivity index (χ0n) is 14.2. The molecule has 0 unspecified atom stereocenters. The van der Waals surface area contributed by atoms with E-state index in [1.54, 1.807) is 6.92 Å². The third-order valence-electron chi connectivity index (χ3n) is 5.24. The summed E-state index contributed by atoms with van der Waals surface area (Å²) in [4.78, 5) is 15.0. The highest BCUT2D eigenvalue weighted by atomic mass is 16.5. The normalized spacial score (nSPS) is 26.0. The fourth-order valence-electron chi connectivity index (χ4n) is 3.83. The molecule has 2 aromatic rings. The Kier molecular flexibility index (Phi) is 3.46. The van der Waals surface area contributed by atoms with Gasteiger partial charge >= 0.3 is 0 Å². The van der Waals surface area contributed by atoms with E-state index in [2.05, 4.69) is 10.2 Å². The van der Waals surface area contributed by atoms with Gasteiger partial charge in [0.1, 0.15) is 0 Å². The molecule has 2 aliphatic rings. The second kappa shape index (κ2) is 5.41. The third kappa shape index (κ3) is 2.24. The summed E-state index contributed by atoms with van der Waals surface area (Å²) in [6.07, 6.45) is 0. The Morgan fingerprint density at radius 1 is 1.29 bits per heavy atom. The van der Waals surface area contributed by atoms with Crippen molar-refractivity contribution >= 4 is 5.91 Å². The average molecular weight is 327 g/mol. The molecule has 24 heavy (non-hydrogen) atoms. The average Bonchev–Trinajstić information content (AvgIpc) is 3.22. The SMILES string of the molecule is Cc1ccc(C)c(C(=O)N2C[C@H]3COC[C@@]3(c3nnc(C)o3)C2)c1. The number of nitrogens with zero attached hydrogens (tertiary/aromatic N) is 3. The first-order valence-electron chi connectivity index (χ1n) is 8.24. The number of aromatic nitrogens is 2. The van der Waals surface area contributed by atoms with Gasteiger partial charge in [0.25, 0.3) is 5.91 Å². The van der Waals surface area contributed by atoms with Gasteiger partial charge < -0.3 is 14.1 Å². The van der Waals surface area contributed by atoms with Gasteiger partial charge in [-0.05, 0) is 25.5 Å². The predicted molar refractivity (Wildman–Crippen MR) is 86.8 cm³/mol. The number of carbonyl (C=O) groups is 1. The summed E-state index contributed by atoms with van der Waals surface area (Å²) in [7, 11) is 0. The molecule has 0 bridgehead atoms. The van der Waals surface area contributed by atoms with Crippen LogP contribution in [0.1, 0.15) is 33.3 Å². The van der Waals surface area contributed by atoms with E-state index >= 15 is 0 Å². The molecule has 1 amide bonds. The Bertz CT molecular complexity index is 801. The third-order valence-corrected chi connectivity index (χ3v) is 5.24. The highest BCUT2D eigenvalue weighted by molar-refractivity contribution is 5.96. The molecule has 0 radical (unpaired) electrons. The van der Waals surface area contributed by atoms with Gasteiger partial charge in [-0.2, -0.15) is 0 Å². The van der Waals surface area contributed by atoms with Crippen LogP contribution in [0, 0.1) is 26.7 Å². The number of carbonyl (C=O) groups excluding carboxylic acids is 1. The summed E-state index contributed by atoms with van der Waals surface area (Å²) in [6, 6.07) is 5.99. The van der Waals surface area contributed by atoms with Crippen LogP contribution in [0.4, 0.5) is 0 Å². The minimum Gasteiger partial charge on any atom is -0.425 e. The second-order valence-electron chi connectivity index (χ2n) is 7.00. The monoisotopic (exact) mass is 327 g/mol. The van der Waals surface area contributed by atoms with Gasteiger partial charge in [-0.25, -0.2) is 0 Å². The van der Waals surface area contributed by atoms with Crippen LogP contribution in [0.3, 0.4) is 0 Å². The molecule has 4 rings (SSSR count). The van der Waals surface area contributed by atoms with E-state index in [1.807, 2.05) is 36.9 Å². The van der Waals surface area contributed by atoms with Gasteiger partial charge in [-0.3, -0.25) is 4.79 Å². The lowest BCUT2D eigenvalue weighted by atomic mass is 9.81. The van der Waals surface area contributed by atoms with Crippen LogP contribution in [0.2, 0.25) is 0 Å². The Hall–Kier alpha value is -2.21. The van der Waals surface area contributed by atoms with E-state index in [0.29, 0.717) is 38.1 Å². The molecule has 2 atom stereocenters. The Morgan fingerprint density at radius 3 is 2.88 bits per heavy atom. The molecule has 0 aliphatic carbocycles. The van der Waals surface area contributed by atoms with Crippen LogP contribution >= 0.6 is 0 Å². The summed E-state index contributed by atoms with van der Waals surface area (Å²) in [6.45, 7) is 8.13. The number of benzene rings is 1. The first-order valence-corrected chi connectivity index (χ1v) is 8.24. The fourth-order valence-corrected chi connectivity index (χ4v) is 3.83. The molecule has 6 nitrogen and oxygen atoms in total. The van der Waals surface area contributed by atoms with E-state index < -0.39 is 0 Å². The van der Waals surface area contributed by atoms with E-state index in [9.17, 15) is 4.79 Å². The van der Waals surface area contributed by atoms with Crippen molar-refractivity contribution in [1.82, 2.24) is 15.1 Å². The first-order chi connectivity index (χ1) is 11.5. The van der Waals surface area contributed by atoms with Crippen molar-refractivity contribution in [3.8, 4) is 0 Å². The molecule has 126 valence electrons. The molecule has 1 aromatic carbocycles. The zero-order valence-corrected chi connectivity index (χ0v) is 14.2. The van der Waals surface area contributed by atoms with Crippen molar-refractivity contribution in [3.63, 3.8) is 0 Å². The number of likely N-dealkylation sites (tertiary alicyclic amines) is 1. The maximum absolute atomic E-state index is 13.0. The van der Waals surface area contributed by atoms with Crippen molar-refractivity contribution in [2.24, 2.45) is 5.92 Å². The molecule has 0 saturated carbocycles. The largest absolute Gasteiger partial charge is 0.425 e. The minimum absolute atomic E-state index is 0.0706. The molecular weight excluding hydrogens is 306 g/mol. The van der Waals surface area contributed by atoms with Crippen LogP contribution in [0.15, 0.2) is 22.6 Å². The van der Waals surface area contributed by atoms with Crippen molar-refractivity contribution in [1.29, 1.82) is 0 Å². The van der Waals surface area contributed by atoms with Crippen LogP contribution in [0.5, 0.6) is 0 Å². The van der Waals surface area contributed by atoms with Crippen molar-refractivity contribution in [2.45, 2.75) is 26.2 Å². The number of hydrogen-bond acceptors (Lipinski definition) is 5. The van der Waals surface area contributed by atoms with Crippen LogP contribution in [-0.4, -0.2) is 47.3 Å². The van der Waals surface area contributed by atoms with Gasteiger partial charge in [0, 0.05) is 31.5 Å². The lowest BCUT2D eigenvalue weighted by Gasteiger charge is -2.23. The second-order valence-corrected chi connectivity index (χ2v) is 7.00. The smallest absolute Gasteiger partial charge is 0.254 e. The maximum atomic E-state index is 13.0. The zero-order chi connectivity index (χ0) is 16.9. The van der Waals surface area contributed by atoms with Gasteiger partial charge in [-0.1, -0.05) is 17.7 Å². The summed E-state index contributed by atoms with van der Waals surface area (Å²) in [5, 5.41) is 8.19. The van der Waals surface area contributed by atoms with E-state index in [4.69, 9.17) is 9.15 Å². The Morgan fingerprint density at radius 2 is 2.12 bits per heavy atom. The Balaban J connectivity index is 1.65. The molecule has 0 N–H and O–H groups in total. The van der Waals surface area contributed by atoms with Gasteiger partial charge in [0.05, 0.1) is 18.6 Å². The van der Waals surface area contributed by atoms with Crippen LogP contribution < -0.4 is 0 Å². The van der Waals surface area contributed by atoms with Gasteiger partial charge in [0.2, 0.25) is 11.8 Å². The standard InChI is InChI=1S/C18H21N3O3/c1-11-4-5-12(2)15(6-11)16(22)21-7-14-8-23-10-18(14,9-21)17-20-19-13(3)24-17/h4-6,14H,7-10H2,1-3H3/t14-,18-/m0/s1. The molecule has 2 saturated heterocycles. The lowest BCUT2D eigenvalue weighted by molar-refractivity contribution is 0.0737. The van der Waals surface area contributed by atoms with Crippen LogP contribution in [-0.2, 0) is 10.2 Å². The highest BCUT2D eigenvalue weighted by Crippen LogP contribution is 2.43. The number of rotatable bonds is 2. The number of fused-ring (bicyclic) bond motifs is 1. The van der Waals surface area contributed by atoms with E-state index in [0.717, 1.165) is 16.7 Å². The molecular formula is C18H21N3O3. The molecule has 2 aliphatic heterocycles. The number of ether oxygens (including phenoxy) is 1. The van der Waals surface area contributed by atoms with E-state index in [-0.39, 0.29) is 17.2 Å². The predicted octanol–water partition coefficient (Wildman–Crippen LogP) is 2.04. The molecule has 6 heteroatoms. The summed E-state index contributed by atoms with van der Waals surface area (Å²) in [5.74, 6) is 1.41. The number of aryl methyl sites for hydroxylation is 3. The van der Waals surface area contributed by atoms with Crippen molar-refractivity contribution < 1.29 is 13.9 Å². The number of hydrogen-bond donors (Lipinski definition) is 0. The summed E-state index contributed by atoms with van der Waals surface area (Å²) >= 11 is 0. The topological polar surface area (TPSA) is 68.5 Å². The van der Waals surface area contributed by atoms with Crippen LogP contribution in [0.25, 0.3) is 0 Å². The van der Waals surface area contributed by atoms with Gasteiger partial charge in [0.15, 0.2) is 0 Å². The molecule has 1 aromatic heterocycles. The van der Waals surface area contributed by atoms with Crippen molar-refractivity contribution in [2.75, 3.05) is 26.3 Å². The van der Waals surface area contributed by atoms with Gasteiger partial charge in [-0.15, -0.1) is 10.2 Å². The highest BCUT2D eigenvalue weighted by Gasteiger charge is 2.56. The quantitative estimate of drug-likeness (QED) is 0.844. The maximum Gasteiger partial charge on any atom is 0.254 e. The minimum atomic E-state index is -0.366. The first kappa shape index (κ1) is 15.3. The molecule has 2 fully saturated rings. The van der Waals surface area contributed by atoms with Crippen molar-refractivity contribution in [3.05, 3.63) is 46.7 Å². The number of amides is 1. The fraction of sp³-hybridized carbons (Fsp3) is 0.500. The lowest BCUT2D eigenvalue weighted by Crippen LogP contribution is -2.37. The summed E-state index contributed by atoms with van der Waals surface area (Å²) < 4.78 is 11.4. The Labute approximate surface area is 140 Å². The molecule has 3 heterocycles. The summed E-state index contributed by atoms with van der Waals surface area (Å²) in [5.41, 5.74) is 2.50. The molecule has 0 spiro atoms. The van der Waals surface area contributed by atoms with E-state index in [1.165, 1.54) is 0 Å².